The maximum Gasteiger partial charge on any atom is 0.219 e. The first kappa shape index (κ1) is 9.69. The lowest BCUT2D eigenvalue weighted by Crippen LogP contribution is -2.41. The van der Waals surface area contributed by atoms with Gasteiger partial charge in [0, 0.05) is 33.5 Å². The van der Waals surface area contributed by atoms with E-state index < -0.39 is 0 Å². The van der Waals surface area contributed by atoms with Crippen LogP contribution in [-0.4, -0.2) is 21.9 Å². The molecule has 5 aliphatic rings. The third kappa shape index (κ3) is 0.715. The largest absolute Gasteiger partial charge is 0.264 e. The quantitative estimate of drug-likeness (QED) is 0.541. The smallest absolute Gasteiger partial charge is 0.219 e. The Morgan fingerprint density at radius 2 is 0.944 bits per heavy atom. The Bertz CT molecular complexity index is 414. The van der Waals surface area contributed by atoms with Gasteiger partial charge in [-0.05, 0) is 36.5 Å². The van der Waals surface area contributed by atoms with Crippen LogP contribution in [0, 0.1) is 67.6 Å². The molecular weight excluding hydrogens is 236 g/mol. The van der Waals surface area contributed by atoms with Crippen LogP contribution in [0.4, 0.5) is 0 Å². The van der Waals surface area contributed by atoms with Gasteiger partial charge in [0.15, 0.2) is 0 Å². The summed E-state index contributed by atoms with van der Waals surface area (Å²) in [4.78, 5) is 22.5. The highest BCUT2D eigenvalue weighted by Crippen LogP contribution is 2.80. The fraction of sp³-hybridized carbons (Fsp3) is 1.00. The Hall–Kier alpha value is -1.20. The first-order valence-corrected chi connectivity index (χ1v) is 6.88. The van der Waals surface area contributed by atoms with Gasteiger partial charge in [-0.3, -0.25) is 20.2 Å². The third-order valence-corrected chi connectivity index (χ3v) is 7.09. The van der Waals surface area contributed by atoms with Crippen LogP contribution in [0.2, 0.25) is 0 Å². The van der Waals surface area contributed by atoms with E-state index in [1.165, 1.54) is 0 Å². The van der Waals surface area contributed by atoms with E-state index in [1.807, 2.05) is 0 Å². The average Bonchev–Trinajstić information content (AvgIpc) is 2.71. The van der Waals surface area contributed by atoms with Crippen molar-refractivity contribution in [1.29, 1.82) is 0 Å². The number of hydrogen-bond donors (Lipinski definition) is 0. The standard InChI is InChI=1S/C12H14N2O4/c15-13(16)11-3-1-4-8-7(3)9-5(11)2-6(10(8)9)12(4)14(17)18/h3-12H,1-2H2/t3-,4-,5-,6+,7?,8?,9?,10?,11?,12?/m1/s1. The molecule has 0 aromatic rings. The molecule has 6 heteroatoms. The molecule has 0 saturated heterocycles. The molecule has 0 amide bonds. The van der Waals surface area contributed by atoms with Crippen LogP contribution in [-0.2, 0) is 0 Å². The predicted molar refractivity (Wildman–Crippen MR) is 58.7 cm³/mol. The Morgan fingerprint density at radius 1 is 0.667 bits per heavy atom. The van der Waals surface area contributed by atoms with Gasteiger partial charge >= 0.3 is 0 Å². The summed E-state index contributed by atoms with van der Waals surface area (Å²) in [6.07, 6.45) is 1.51. The molecule has 10 atom stereocenters. The van der Waals surface area contributed by atoms with Crippen LogP contribution >= 0.6 is 0 Å². The predicted octanol–water partition coefficient (Wildman–Crippen LogP) is 1.05. The van der Waals surface area contributed by atoms with E-state index in [2.05, 4.69) is 0 Å². The third-order valence-electron chi connectivity index (χ3n) is 7.09. The van der Waals surface area contributed by atoms with Crippen molar-refractivity contribution in [2.75, 3.05) is 0 Å². The summed E-state index contributed by atoms with van der Waals surface area (Å²) in [7, 11) is 0. The first-order chi connectivity index (χ1) is 8.61. The maximum atomic E-state index is 11.3. The second-order valence-electron chi connectivity index (χ2n) is 6.99. The van der Waals surface area contributed by atoms with Crippen LogP contribution in [0.5, 0.6) is 0 Å². The van der Waals surface area contributed by atoms with E-state index in [0.29, 0.717) is 23.7 Å². The van der Waals surface area contributed by atoms with E-state index in [1.54, 1.807) is 0 Å². The lowest BCUT2D eigenvalue weighted by molar-refractivity contribution is -0.549. The molecule has 5 aliphatic carbocycles. The van der Waals surface area contributed by atoms with E-state index in [4.69, 9.17) is 0 Å². The molecule has 0 aromatic heterocycles. The van der Waals surface area contributed by atoms with Crippen molar-refractivity contribution < 1.29 is 9.85 Å². The summed E-state index contributed by atoms with van der Waals surface area (Å²) in [5.74, 6) is 2.50. The highest BCUT2D eigenvalue weighted by Gasteiger charge is 2.84. The van der Waals surface area contributed by atoms with E-state index in [9.17, 15) is 20.2 Å². The molecule has 96 valence electrons. The second-order valence-corrected chi connectivity index (χ2v) is 6.99. The fourth-order valence-corrected chi connectivity index (χ4v) is 7.15. The van der Waals surface area contributed by atoms with Crippen molar-refractivity contribution >= 4 is 0 Å². The SMILES string of the molecule is O=[N+]([O-])C1[C@@H]2C[C@@H]3C4C2C2C4[C@H](C[C@H]21)C3[N+](=O)[O-]. The van der Waals surface area contributed by atoms with Gasteiger partial charge in [0.1, 0.15) is 0 Å². The summed E-state index contributed by atoms with van der Waals surface area (Å²) in [5.41, 5.74) is 0. The molecule has 0 bridgehead atoms. The van der Waals surface area contributed by atoms with E-state index in [-0.39, 0.29) is 45.6 Å². The number of hydrogen-bond acceptors (Lipinski definition) is 4. The zero-order valence-electron chi connectivity index (χ0n) is 9.72. The molecule has 0 aliphatic heterocycles. The minimum absolute atomic E-state index is 0.0704. The molecule has 5 fully saturated rings. The van der Waals surface area contributed by atoms with Crippen molar-refractivity contribution in [3.63, 3.8) is 0 Å². The summed E-state index contributed by atoms with van der Waals surface area (Å²) in [5, 5.41) is 22.6. The van der Waals surface area contributed by atoms with Gasteiger partial charge in [-0.25, -0.2) is 0 Å². The van der Waals surface area contributed by atoms with Crippen molar-refractivity contribution in [3.8, 4) is 0 Å². The fourth-order valence-electron chi connectivity index (χ4n) is 7.15. The molecule has 0 radical (unpaired) electrons. The molecular formula is C12H14N2O4. The Labute approximate surface area is 103 Å². The van der Waals surface area contributed by atoms with Gasteiger partial charge < -0.3 is 0 Å². The Kier molecular flexibility index (Phi) is 1.38. The highest BCUT2D eigenvalue weighted by atomic mass is 16.6. The number of nitrogens with zero attached hydrogens (tertiary/aromatic N) is 2. The minimum Gasteiger partial charge on any atom is -0.264 e. The zero-order valence-corrected chi connectivity index (χ0v) is 9.72. The van der Waals surface area contributed by atoms with Gasteiger partial charge in [-0.2, -0.15) is 0 Å². The lowest BCUT2D eigenvalue weighted by Gasteiger charge is -2.43. The van der Waals surface area contributed by atoms with Gasteiger partial charge in [0.05, 0.1) is 0 Å². The molecule has 5 rings (SSSR count). The number of nitro groups is 2. The Balaban J connectivity index is 1.65. The summed E-state index contributed by atoms with van der Waals surface area (Å²) in [6.45, 7) is 0. The molecule has 18 heavy (non-hydrogen) atoms. The van der Waals surface area contributed by atoms with Crippen LogP contribution < -0.4 is 0 Å². The van der Waals surface area contributed by atoms with Crippen molar-refractivity contribution in [2.24, 2.45) is 47.3 Å². The van der Waals surface area contributed by atoms with Crippen molar-refractivity contribution in [2.45, 2.75) is 24.9 Å². The monoisotopic (exact) mass is 250 g/mol. The van der Waals surface area contributed by atoms with Crippen molar-refractivity contribution in [3.05, 3.63) is 20.2 Å². The zero-order chi connectivity index (χ0) is 12.3. The molecule has 5 saturated carbocycles. The topological polar surface area (TPSA) is 86.3 Å². The van der Waals surface area contributed by atoms with Gasteiger partial charge in [-0.15, -0.1) is 0 Å². The van der Waals surface area contributed by atoms with Crippen LogP contribution in [0.15, 0.2) is 0 Å². The van der Waals surface area contributed by atoms with Crippen molar-refractivity contribution in [1.82, 2.24) is 0 Å². The normalized spacial score (nSPS) is 65.1. The maximum absolute atomic E-state index is 11.3. The molecule has 0 aromatic carbocycles. The van der Waals surface area contributed by atoms with Gasteiger partial charge in [0.2, 0.25) is 12.1 Å². The average molecular weight is 250 g/mol. The van der Waals surface area contributed by atoms with Crippen LogP contribution in [0.1, 0.15) is 12.8 Å². The summed E-state index contributed by atoms with van der Waals surface area (Å²) in [6, 6.07) is -0.759. The van der Waals surface area contributed by atoms with Gasteiger partial charge in [0.25, 0.3) is 0 Å². The molecule has 0 spiro atoms. The lowest BCUT2D eigenvalue weighted by atomic mass is 9.60. The number of rotatable bonds is 2. The van der Waals surface area contributed by atoms with E-state index in [0.717, 1.165) is 12.8 Å². The highest BCUT2D eigenvalue weighted by molar-refractivity contribution is 5.26. The Morgan fingerprint density at radius 3 is 1.17 bits per heavy atom. The van der Waals surface area contributed by atoms with Crippen LogP contribution in [0.3, 0.4) is 0 Å². The summed E-state index contributed by atoms with van der Waals surface area (Å²) < 4.78 is 0. The summed E-state index contributed by atoms with van der Waals surface area (Å²) >= 11 is 0. The molecule has 0 heterocycles. The van der Waals surface area contributed by atoms with E-state index >= 15 is 0 Å². The first-order valence-electron chi connectivity index (χ1n) is 6.88. The van der Waals surface area contributed by atoms with Gasteiger partial charge in [-0.1, -0.05) is 0 Å². The molecule has 0 N–H and O–H groups in total. The van der Waals surface area contributed by atoms with Crippen LogP contribution in [0.25, 0.3) is 0 Å². The molecule has 6 unspecified atom stereocenters. The minimum atomic E-state index is -0.379. The molecule has 6 nitrogen and oxygen atoms in total. The second kappa shape index (κ2) is 2.56.